The van der Waals surface area contributed by atoms with Crippen LogP contribution in [0, 0.1) is 0 Å². The van der Waals surface area contributed by atoms with E-state index in [0.717, 1.165) is 18.0 Å². The van der Waals surface area contributed by atoms with Crippen molar-refractivity contribution in [2.75, 3.05) is 24.0 Å². The minimum Gasteiger partial charge on any atom is -0.356 e. The van der Waals surface area contributed by atoms with E-state index in [1.807, 2.05) is 24.9 Å². The summed E-state index contributed by atoms with van der Waals surface area (Å²) in [6.07, 6.45) is 4.90. The quantitative estimate of drug-likeness (QED) is 0.746. The van der Waals surface area contributed by atoms with Gasteiger partial charge < -0.3 is 4.90 Å². The van der Waals surface area contributed by atoms with E-state index < -0.39 is 0 Å². The summed E-state index contributed by atoms with van der Waals surface area (Å²) in [4.78, 5) is 10.2. The van der Waals surface area contributed by atoms with Crippen molar-refractivity contribution in [2.45, 2.75) is 19.4 Å². The summed E-state index contributed by atoms with van der Waals surface area (Å²) in [5.74, 6) is 1.98. The molecule has 84 valence electrons. The molecule has 1 aromatic rings. The molecule has 0 aliphatic rings. The predicted octanol–water partition coefficient (Wildman–Crippen LogP) is 2.71. The molecule has 1 heterocycles. The van der Waals surface area contributed by atoms with Crippen LogP contribution in [0.2, 0.25) is 5.28 Å². The molecule has 0 aliphatic carbocycles. The van der Waals surface area contributed by atoms with Gasteiger partial charge in [-0.15, -0.1) is 0 Å². The highest BCUT2D eigenvalue weighted by Gasteiger charge is 2.13. The third kappa shape index (κ3) is 3.54. The van der Waals surface area contributed by atoms with Crippen molar-refractivity contribution in [3.8, 4) is 0 Å². The number of aromatic nitrogens is 2. The Labute approximate surface area is 100 Å². The first-order valence-electron chi connectivity index (χ1n) is 4.89. The summed E-state index contributed by atoms with van der Waals surface area (Å²) in [6, 6.07) is 2.38. The molecule has 0 saturated heterocycles. The molecule has 0 N–H and O–H groups in total. The number of halogens is 1. The van der Waals surface area contributed by atoms with Crippen molar-refractivity contribution >= 4 is 29.2 Å². The molecular formula is C10H16ClN3S. The topological polar surface area (TPSA) is 29.0 Å². The average molecular weight is 246 g/mol. The first-order chi connectivity index (χ1) is 7.19. The van der Waals surface area contributed by atoms with Gasteiger partial charge in [-0.25, -0.2) is 9.97 Å². The van der Waals surface area contributed by atoms with Crippen LogP contribution in [0.1, 0.15) is 13.3 Å². The zero-order valence-electron chi connectivity index (χ0n) is 9.27. The lowest BCUT2D eigenvalue weighted by Gasteiger charge is -2.27. The van der Waals surface area contributed by atoms with Gasteiger partial charge in [0.25, 0.3) is 0 Å². The predicted molar refractivity (Wildman–Crippen MR) is 67.9 cm³/mol. The molecule has 5 heteroatoms. The molecular weight excluding hydrogens is 230 g/mol. The van der Waals surface area contributed by atoms with Crippen molar-refractivity contribution in [2.24, 2.45) is 0 Å². The summed E-state index contributed by atoms with van der Waals surface area (Å²) < 4.78 is 0. The molecule has 1 unspecified atom stereocenters. The third-order valence-electron chi connectivity index (χ3n) is 2.35. The summed E-state index contributed by atoms with van der Waals surface area (Å²) >= 11 is 7.60. The van der Waals surface area contributed by atoms with Gasteiger partial charge in [0.15, 0.2) is 0 Å². The Hall–Kier alpha value is -0.480. The van der Waals surface area contributed by atoms with Crippen molar-refractivity contribution in [1.29, 1.82) is 0 Å². The number of hydrogen-bond donors (Lipinski definition) is 0. The maximum Gasteiger partial charge on any atom is 0.224 e. The van der Waals surface area contributed by atoms with Crippen LogP contribution in [-0.2, 0) is 0 Å². The highest BCUT2D eigenvalue weighted by atomic mass is 35.5. The Morgan fingerprint density at radius 1 is 1.60 bits per heavy atom. The van der Waals surface area contributed by atoms with Crippen LogP contribution < -0.4 is 4.90 Å². The van der Waals surface area contributed by atoms with E-state index in [4.69, 9.17) is 11.6 Å². The Morgan fingerprint density at radius 3 is 2.87 bits per heavy atom. The van der Waals surface area contributed by atoms with Crippen molar-refractivity contribution in [1.82, 2.24) is 9.97 Å². The lowest BCUT2D eigenvalue weighted by atomic mass is 10.2. The van der Waals surface area contributed by atoms with Gasteiger partial charge in [-0.05, 0) is 30.3 Å². The van der Waals surface area contributed by atoms with Crippen LogP contribution in [0.25, 0.3) is 0 Å². The second kappa shape index (κ2) is 6.18. The fourth-order valence-corrected chi connectivity index (χ4v) is 2.39. The van der Waals surface area contributed by atoms with Crippen LogP contribution in [0.5, 0.6) is 0 Å². The van der Waals surface area contributed by atoms with E-state index in [1.165, 1.54) is 0 Å². The number of thioether (sulfide) groups is 1. The van der Waals surface area contributed by atoms with Crippen LogP contribution in [0.3, 0.4) is 0 Å². The van der Waals surface area contributed by atoms with Crippen LogP contribution >= 0.6 is 23.4 Å². The first kappa shape index (κ1) is 12.6. The van der Waals surface area contributed by atoms with Gasteiger partial charge >= 0.3 is 0 Å². The summed E-state index contributed by atoms with van der Waals surface area (Å²) in [7, 11) is 2.04. The fourth-order valence-electron chi connectivity index (χ4n) is 1.41. The van der Waals surface area contributed by atoms with Crippen molar-refractivity contribution in [3.05, 3.63) is 17.5 Å². The first-order valence-corrected chi connectivity index (χ1v) is 6.66. The largest absolute Gasteiger partial charge is 0.356 e. The van der Waals surface area contributed by atoms with E-state index >= 15 is 0 Å². The van der Waals surface area contributed by atoms with Crippen molar-refractivity contribution < 1.29 is 0 Å². The summed E-state index contributed by atoms with van der Waals surface area (Å²) in [6.45, 7) is 2.18. The maximum atomic E-state index is 5.76. The summed E-state index contributed by atoms with van der Waals surface area (Å²) in [5, 5.41) is 0.304. The third-order valence-corrected chi connectivity index (χ3v) is 3.25. The van der Waals surface area contributed by atoms with Gasteiger partial charge in [-0.3, -0.25) is 0 Å². The molecule has 0 spiro atoms. The van der Waals surface area contributed by atoms with Crippen LogP contribution in [-0.4, -0.2) is 35.1 Å². The highest BCUT2D eigenvalue weighted by Crippen LogP contribution is 2.17. The lowest BCUT2D eigenvalue weighted by Crippen LogP contribution is -2.33. The maximum absolute atomic E-state index is 5.76. The number of rotatable bonds is 5. The lowest BCUT2D eigenvalue weighted by molar-refractivity contribution is 0.665. The van der Waals surface area contributed by atoms with Gasteiger partial charge in [0.1, 0.15) is 5.82 Å². The van der Waals surface area contributed by atoms with Gasteiger partial charge in [-0.2, -0.15) is 11.8 Å². The SMILES string of the molecule is CCC(CSC)N(C)c1ccnc(Cl)n1. The Balaban J connectivity index is 2.77. The molecule has 0 aromatic carbocycles. The molecule has 1 aromatic heterocycles. The van der Waals surface area contributed by atoms with Crippen molar-refractivity contribution in [3.63, 3.8) is 0 Å². The minimum atomic E-state index is 0.304. The monoisotopic (exact) mass is 245 g/mol. The molecule has 1 rings (SSSR count). The molecule has 0 fully saturated rings. The number of nitrogens with zero attached hydrogens (tertiary/aromatic N) is 3. The van der Waals surface area contributed by atoms with E-state index in [2.05, 4.69) is 28.0 Å². The van der Waals surface area contributed by atoms with E-state index in [0.29, 0.717) is 11.3 Å². The fraction of sp³-hybridized carbons (Fsp3) is 0.600. The average Bonchev–Trinajstić information content (AvgIpc) is 2.25. The zero-order valence-corrected chi connectivity index (χ0v) is 10.8. The molecule has 3 nitrogen and oxygen atoms in total. The summed E-state index contributed by atoms with van der Waals surface area (Å²) in [5.41, 5.74) is 0. The molecule has 0 amide bonds. The van der Waals surface area contributed by atoms with Gasteiger partial charge in [0.05, 0.1) is 0 Å². The highest BCUT2D eigenvalue weighted by molar-refractivity contribution is 7.98. The van der Waals surface area contributed by atoms with E-state index in [9.17, 15) is 0 Å². The Morgan fingerprint density at radius 2 is 2.33 bits per heavy atom. The molecule has 0 saturated carbocycles. The van der Waals surface area contributed by atoms with Gasteiger partial charge in [-0.1, -0.05) is 6.92 Å². The number of anilines is 1. The standard InChI is InChI=1S/C10H16ClN3S/c1-4-8(7-15-3)14(2)9-5-6-12-10(11)13-9/h5-6,8H,4,7H2,1-3H3. The normalized spacial score (nSPS) is 12.5. The Bertz CT molecular complexity index is 308. The second-order valence-electron chi connectivity index (χ2n) is 3.31. The molecule has 0 radical (unpaired) electrons. The molecule has 0 aliphatic heterocycles. The number of hydrogen-bond acceptors (Lipinski definition) is 4. The molecule has 0 bridgehead atoms. The zero-order chi connectivity index (χ0) is 11.3. The smallest absolute Gasteiger partial charge is 0.224 e. The second-order valence-corrected chi connectivity index (χ2v) is 4.56. The molecule has 15 heavy (non-hydrogen) atoms. The van der Waals surface area contributed by atoms with Gasteiger partial charge in [0, 0.05) is 25.0 Å². The molecule has 1 atom stereocenters. The van der Waals surface area contributed by atoms with Crippen LogP contribution in [0.15, 0.2) is 12.3 Å². The van der Waals surface area contributed by atoms with Crippen LogP contribution in [0.4, 0.5) is 5.82 Å². The van der Waals surface area contributed by atoms with Gasteiger partial charge in [0.2, 0.25) is 5.28 Å². The minimum absolute atomic E-state index is 0.304. The Kier molecular flexibility index (Phi) is 5.19. The van der Waals surface area contributed by atoms with E-state index in [1.54, 1.807) is 6.20 Å². The van der Waals surface area contributed by atoms with E-state index in [-0.39, 0.29) is 0 Å².